The van der Waals surface area contributed by atoms with Gasteiger partial charge in [0.15, 0.2) is 0 Å². The van der Waals surface area contributed by atoms with E-state index in [9.17, 15) is 9.59 Å². The van der Waals surface area contributed by atoms with Gasteiger partial charge < -0.3 is 15.7 Å². The molecule has 1 aliphatic heterocycles. The lowest BCUT2D eigenvalue weighted by molar-refractivity contribution is -0.118. The fourth-order valence-electron chi connectivity index (χ4n) is 1.55. The maximum Gasteiger partial charge on any atom is 0.337 e. The van der Waals surface area contributed by atoms with E-state index in [1.54, 1.807) is 18.2 Å². The van der Waals surface area contributed by atoms with Crippen LogP contribution in [0.25, 0.3) is 0 Å². The van der Waals surface area contributed by atoms with Crippen molar-refractivity contribution in [1.29, 1.82) is 0 Å². The zero-order valence-electron chi connectivity index (χ0n) is 9.17. The van der Waals surface area contributed by atoms with E-state index in [0.717, 1.165) is 0 Å². The van der Waals surface area contributed by atoms with Gasteiger partial charge in [-0.1, -0.05) is 36.1 Å². The predicted octanol–water partition coefficient (Wildman–Crippen LogP) is 1.31. The monoisotopic (exact) mass is 282 g/mol. The number of amides is 1. The molecule has 1 aliphatic rings. The van der Waals surface area contributed by atoms with E-state index in [2.05, 4.69) is 10.6 Å². The fraction of sp³-hybridized carbons (Fsp3) is 0.182. The lowest BCUT2D eigenvalue weighted by Crippen LogP contribution is -2.29. The first-order valence-electron chi connectivity index (χ1n) is 5.15. The van der Waals surface area contributed by atoms with E-state index in [-0.39, 0.29) is 16.7 Å². The molecule has 1 fully saturated rings. The van der Waals surface area contributed by atoms with Crippen molar-refractivity contribution in [3.8, 4) is 0 Å². The number of thiocarbonyl (C=S) groups is 1. The number of aromatic carboxylic acids is 1. The second-order valence-corrected chi connectivity index (χ2v) is 5.49. The summed E-state index contributed by atoms with van der Waals surface area (Å²) in [5, 5.41) is 14.2. The Morgan fingerprint density at radius 2 is 2.22 bits per heavy atom. The molecule has 1 amide bonds. The summed E-state index contributed by atoms with van der Waals surface area (Å²) in [6, 6.07) is 6.57. The van der Waals surface area contributed by atoms with Gasteiger partial charge in [0.1, 0.15) is 9.57 Å². The highest BCUT2D eigenvalue weighted by Crippen LogP contribution is 2.21. The molecular formula is C11H10N2O3S2. The minimum atomic E-state index is -1.00. The molecule has 2 rings (SSSR count). The average Bonchev–Trinajstić information content (AvgIpc) is 2.65. The lowest BCUT2D eigenvalue weighted by atomic mass is 10.2. The number of carbonyl (C=O) groups is 2. The molecule has 0 spiro atoms. The van der Waals surface area contributed by atoms with Crippen LogP contribution < -0.4 is 10.6 Å². The maximum atomic E-state index is 11.4. The second kappa shape index (κ2) is 5.36. The summed E-state index contributed by atoms with van der Waals surface area (Å²) in [4.78, 5) is 22.4. The van der Waals surface area contributed by atoms with Crippen LogP contribution >= 0.6 is 24.0 Å². The van der Waals surface area contributed by atoms with Crippen molar-refractivity contribution in [3.63, 3.8) is 0 Å². The number of hydrogen-bond acceptors (Lipinski definition) is 5. The van der Waals surface area contributed by atoms with Gasteiger partial charge in [-0.05, 0) is 12.1 Å². The summed E-state index contributed by atoms with van der Waals surface area (Å²) in [7, 11) is 0. The topological polar surface area (TPSA) is 78.4 Å². The number of rotatable bonds is 4. The first-order valence-corrected chi connectivity index (χ1v) is 6.44. The molecule has 18 heavy (non-hydrogen) atoms. The minimum absolute atomic E-state index is 0.148. The van der Waals surface area contributed by atoms with Crippen LogP contribution in [0, 0.1) is 0 Å². The number of thioether (sulfide) groups is 1. The number of anilines is 1. The van der Waals surface area contributed by atoms with Gasteiger partial charge in [0.05, 0.1) is 5.56 Å². The van der Waals surface area contributed by atoms with Crippen LogP contribution in [0.2, 0.25) is 0 Å². The standard InChI is InChI=1S/C11H10N2O3S2/c14-9-8(18-11(17)13-9)5-12-7-4-2-1-3-6(7)10(15)16/h1-4,8,12H,5H2,(H,15,16)(H,13,14,17). The molecule has 1 saturated heterocycles. The molecular weight excluding hydrogens is 272 g/mol. The molecule has 1 aromatic rings. The molecule has 3 N–H and O–H groups in total. The van der Waals surface area contributed by atoms with Gasteiger partial charge in [0.25, 0.3) is 0 Å². The van der Waals surface area contributed by atoms with Crippen LogP contribution in [0.3, 0.4) is 0 Å². The Labute approximate surface area is 113 Å². The summed E-state index contributed by atoms with van der Waals surface area (Å²) in [6.07, 6.45) is 0. The number of carboxylic acids is 1. The van der Waals surface area contributed by atoms with Gasteiger partial charge in [-0.25, -0.2) is 4.79 Å². The van der Waals surface area contributed by atoms with Gasteiger partial charge in [0.2, 0.25) is 5.91 Å². The van der Waals surface area contributed by atoms with Crippen molar-refractivity contribution in [2.24, 2.45) is 0 Å². The Balaban J connectivity index is 2.04. The maximum absolute atomic E-state index is 11.4. The highest BCUT2D eigenvalue weighted by atomic mass is 32.2. The number of carboxylic acid groups (broad SMARTS) is 1. The van der Waals surface area contributed by atoms with Crippen molar-refractivity contribution in [2.75, 3.05) is 11.9 Å². The van der Waals surface area contributed by atoms with Crippen molar-refractivity contribution in [2.45, 2.75) is 5.25 Å². The van der Waals surface area contributed by atoms with E-state index < -0.39 is 5.97 Å². The predicted molar refractivity (Wildman–Crippen MR) is 74.0 cm³/mol. The molecule has 0 aromatic heterocycles. The summed E-state index contributed by atoms with van der Waals surface area (Å²) in [6.45, 7) is 0.334. The summed E-state index contributed by atoms with van der Waals surface area (Å²) >= 11 is 6.15. The van der Waals surface area contributed by atoms with Gasteiger partial charge in [0, 0.05) is 12.2 Å². The number of carbonyl (C=O) groups excluding carboxylic acids is 1. The molecule has 1 unspecified atom stereocenters. The Bertz CT molecular complexity index is 519. The lowest BCUT2D eigenvalue weighted by Gasteiger charge is -2.11. The van der Waals surface area contributed by atoms with Crippen LogP contribution in [0.5, 0.6) is 0 Å². The van der Waals surface area contributed by atoms with Crippen molar-refractivity contribution in [3.05, 3.63) is 29.8 Å². The van der Waals surface area contributed by atoms with Crippen LogP contribution in [0.4, 0.5) is 5.69 Å². The average molecular weight is 282 g/mol. The second-order valence-electron chi connectivity index (χ2n) is 3.61. The Kier molecular flexibility index (Phi) is 3.83. The third kappa shape index (κ3) is 2.80. The van der Waals surface area contributed by atoms with Crippen LogP contribution in [0.1, 0.15) is 10.4 Å². The smallest absolute Gasteiger partial charge is 0.337 e. The third-order valence-electron chi connectivity index (χ3n) is 2.40. The van der Waals surface area contributed by atoms with E-state index in [1.165, 1.54) is 17.8 Å². The zero-order chi connectivity index (χ0) is 13.1. The highest BCUT2D eigenvalue weighted by Gasteiger charge is 2.28. The molecule has 0 aliphatic carbocycles. The van der Waals surface area contributed by atoms with Crippen LogP contribution in [0.15, 0.2) is 24.3 Å². The quantitative estimate of drug-likeness (QED) is 0.723. The third-order valence-corrected chi connectivity index (χ3v) is 3.77. The molecule has 1 atom stereocenters. The van der Waals surface area contributed by atoms with E-state index in [1.807, 2.05) is 0 Å². The van der Waals surface area contributed by atoms with Gasteiger partial charge in [-0.3, -0.25) is 4.79 Å². The Hall–Kier alpha value is -1.60. The van der Waals surface area contributed by atoms with Gasteiger partial charge in [-0.15, -0.1) is 0 Å². The van der Waals surface area contributed by atoms with Gasteiger partial charge in [-0.2, -0.15) is 0 Å². The summed E-state index contributed by atoms with van der Waals surface area (Å²) in [5.41, 5.74) is 0.680. The summed E-state index contributed by atoms with van der Waals surface area (Å²) in [5.74, 6) is -1.15. The first-order chi connectivity index (χ1) is 8.58. The number of para-hydroxylation sites is 1. The summed E-state index contributed by atoms with van der Waals surface area (Å²) < 4.78 is 0.457. The zero-order valence-corrected chi connectivity index (χ0v) is 10.8. The van der Waals surface area contributed by atoms with Crippen LogP contribution in [-0.4, -0.2) is 33.1 Å². The Morgan fingerprint density at radius 3 is 2.83 bits per heavy atom. The molecule has 1 aromatic carbocycles. The molecule has 94 valence electrons. The molecule has 0 saturated carbocycles. The van der Waals surface area contributed by atoms with Crippen molar-refractivity contribution < 1.29 is 14.7 Å². The molecule has 0 radical (unpaired) electrons. The molecule has 5 nitrogen and oxygen atoms in total. The van der Waals surface area contributed by atoms with E-state index in [4.69, 9.17) is 17.3 Å². The Morgan fingerprint density at radius 1 is 1.50 bits per heavy atom. The molecule has 7 heteroatoms. The normalized spacial score (nSPS) is 18.6. The van der Waals surface area contributed by atoms with Crippen LogP contribution in [-0.2, 0) is 4.79 Å². The van der Waals surface area contributed by atoms with E-state index >= 15 is 0 Å². The minimum Gasteiger partial charge on any atom is -0.478 e. The fourth-order valence-corrected chi connectivity index (χ4v) is 2.75. The van der Waals surface area contributed by atoms with Gasteiger partial charge >= 0.3 is 5.97 Å². The molecule has 1 heterocycles. The van der Waals surface area contributed by atoms with Crippen molar-refractivity contribution in [1.82, 2.24) is 5.32 Å². The number of hydrogen-bond donors (Lipinski definition) is 3. The van der Waals surface area contributed by atoms with E-state index in [0.29, 0.717) is 16.6 Å². The number of nitrogens with one attached hydrogen (secondary N) is 2. The molecule has 0 bridgehead atoms. The SMILES string of the molecule is O=C(O)c1ccccc1NCC1SC(=S)NC1=O. The largest absolute Gasteiger partial charge is 0.478 e. The highest BCUT2D eigenvalue weighted by molar-refractivity contribution is 8.24. The number of benzene rings is 1. The first kappa shape index (κ1) is 12.8. The van der Waals surface area contributed by atoms with Crippen molar-refractivity contribution >= 4 is 45.9 Å².